The molecule has 0 aromatic heterocycles. The third-order valence-electron chi connectivity index (χ3n) is 9.42. The molecule has 3 unspecified atom stereocenters. The van der Waals surface area contributed by atoms with E-state index in [0.29, 0.717) is 57.8 Å². The predicted octanol–water partition coefficient (Wildman–Crippen LogP) is 2.11. The van der Waals surface area contributed by atoms with Crippen LogP contribution in [0, 0.1) is 17.8 Å². The van der Waals surface area contributed by atoms with Crippen molar-refractivity contribution < 1.29 is 31.7 Å². The molecular weight excluding hydrogens is 601 g/mol. The van der Waals surface area contributed by atoms with Gasteiger partial charge >= 0.3 is 0 Å². The van der Waals surface area contributed by atoms with Gasteiger partial charge in [0.15, 0.2) is 0 Å². The molecule has 43 heavy (non-hydrogen) atoms. The van der Waals surface area contributed by atoms with Gasteiger partial charge in [0.05, 0.1) is 17.2 Å². The number of likely N-dealkylation sites (tertiary alicyclic amines) is 2. The first-order valence-electron chi connectivity index (χ1n) is 16.2. The normalized spacial score (nSPS) is 29.7. The fourth-order valence-electron chi connectivity index (χ4n) is 6.75. The molecule has 4 fully saturated rings. The van der Waals surface area contributed by atoms with Gasteiger partial charge in [0.2, 0.25) is 11.8 Å². The molecule has 3 saturated heterocycles. The molecule has 1 aliphatic carbocycles. The zero-order valence-electron chi connectivity index (χ0n) is 25.2. The molecule has 3 aliphatic heterocycles. The maximum Gasteiger partial charge on any atom is 0.264 e. The van der Waals surface area contributed by atoms with Crippen LogP contribution in [0.25, 0.3) is 0 Å². The van der Waals surface area contributed by atoms with Gasteiger partial charge in [-0.2, -0.15) is 8.42 Å². The molecule has 3 heterocycles. The lowest BCUT2D eigenvalue weighted by molar-refractivity contribution is -0.141. The van der Waals surface area contributed by atoms with Gasteiger partial charge in [-0.25, -0.2) is 4.39 Å². The highest BCUT2D eigenvalue weighted by atomic mass is 35.5. The minimum atomic E-state index is -3.97. The Morgan fingerprint density at radius 1 is 1.00 bits per heavy atom. The van der Waals surface area contributed by atoms with Crippen LogP contribution in [0.5, 0.6) is 0 Å². The van der Waals surface area contributed by atoms with Crippen LogP contribution >= 0.6 is 11.6 Å². The van der Waals surface area contributed by atoms with E-state index in [-0.39, 0.29) is 60.0 Å². The zero-order chi connectivity index (χ0) is 30.8. The minimum Gasteiger partial charge on any atom is -0.378 e. The Labute approximate surface area is 261 Å². The highest BCUT2D eigenvalue weighted by Crippen LogP contribution is 2.33. The van der Waals surface area contributed by atoms with E-state index in [2.05, 4.69) is 20.9 Å². The minimum absolute atomic E-state index is 0.0433. The van der Waals surface area contributed by atoms with Crippen molar-refractivity contribution in [1.29, 1.82) is 0 Å². The van der Waals surface area contributed by atoms with Crippen LogP contribution in [0.4, 0.5) is 4.39 Å². The second-order valence-corrected chi connectivity index (χ2v) is 15.1. The van der Waals surface area contributed by atoms with Crippen LogP contribution in [0.2, 0.25) is 0 Å². The number of halogens is 2. The third kappa shape index (κ3) is 12.0. The van der Waals surface area contributed by atoms with Crippen LogP contribution < -0.4 is 16.0 Å². The molecule has 4 aliphatic rings. The monoisotopic (exact) mass is 651 g/mol. The highest BCUT2D eigenvalue weighted by Gasteiger charge is 2.37. The average molecular weight is 652 g/mol. The molecule has 248 valence electrons. The second-order valence-electron chi connectivity index (χ2n) is 12.9. The van der Waals surface area contributed by atoms with Crippen molar-refractivity contribution in [3.05, 3.63) is 0 Å². The van der Waals surface area contributed by atoms with Crippen molar-refractivity contribution in [3.63, 3.8) is 0 Å². The Balaban J connectivity index is 1.00. The van der Waals surface area contributed by atoms with Crippen molar-refractivity contribution in [2.24, 2.45) is 17.8 Å². The first-order chi connectivity index (χ1) is 20.6. The summed E-state index contributed by atoms with van der Waals surface area (Å²) >= 11 is 6.15. The van der Waals surface area contributed by atoms with Gasteiger partial charge in [0.25, 0.3) is 10.1 Å². The Bertz CT molecular complexity index is 990. The molecule has 0 bridgehead atoms. The predicted molar refractivity (Wildman–Crippen MR) is 163 cm³/mol. The van der Waals surface area contributed by atoms with Crippen molar-refractivity contribution in [2.45, 2.75) is 94.6 Å². The van der Waals surface area contributed by atoms with Gasteiger partial charge in [-0.3, -0.25) is 29.7 Å². The van der Waals surface area contributed by atoms with Crippen LogP contribution in [-0.2, 0) is 24.4 Å². The summed E-state index contributed by atoms with van der Waals surface area (Å²) in [7, 11) is -3.97. The average Bonchev–Trinajstić information content (AvgIpc) is 2.94. The molecule has 14 heteroatoms. The van der Waals surface area contributed by atoms with Crippen molar-refractivity contribution >= 4 is 33.5 Å². The van der Waals surface area contributed by atoms with Crippen LogP contribution in [0.1, 0.15) is 70.6 Å². The smallest absolute Gasteiger partial charge is 0.264 e. The highest BCUT2D eigenvalue weighted by molar-refractivity contribution is 7.85. The maximum absolute atomic E-state index is 15.0. The van der Waals surface area contributed by atoms with Crippen molar-refractivity contribution in [3.8, 4) is 0 Å². The number of hydrogen-bond donors (Lipinski definition) is 4. The fourth-order valence-corrected chi connectivity index (χ4v) is 7.50. The quantitative estimate of drug-likeness (QED) is 0.119. The number of amides is 2. The molecule has 0 spiro atoms. The molecule has 3 atom stereocenters. The fraction of sp³-hybridized carbons (Fsp3) is 0.931. The summed E-state index contributed by atoms with van der Waals surface area (Å²) in [5.74, 6) is 0.0344. The number of piperidine rings is 1. The van der Waals surface area contributed by atoms with Gasteiger partial charge in [0, 0.05) is 77.6 Å². The van der Waals surface area contributed by atoms with Gasteiger partial charge in [-0.05, 0) is 63.2 Å². The Morgan fingerprint density at radius 3 is 2.40 bits per heavy atom. The van der Waals surface area contributed by atoms with E-state index in [0.717, 1.165) is 45.4 Å². The summed E-state index contributed by atoms with van der Waals surface area (Å²) in [6.07, 6.45) is 6.67. The van der Waals surface area contributed by atoms with E-state index in [1.807, 2.05) is 0 Å². The van der Waals surface area contributed by atoms with Gasteiger partial charge in [0.1, 0.15) is 12.5 Å². The largest absolute Gasteiger partial charge is 0.378 e. The molecule has 4 rings (SSSR count). The number of ether oxygens (including phenoxy) is 1. The van der Waals surface area contributed by atoms with E-state index in [1.54, 1.807) is 4.90 Å². The number of carbonyl (C=O) groups excluding carboxylic acids is 2. The molecular formula is C29H51ClFN5O6S. The van der Waals surface area contributed by atoms with E-state index in [4.69, 9.17) is 20.9 Å². The lowest BCUT2D eigenvalue weighted by Gasteiger charge is -2.41. The summed E-state index contributed by atoms with van der Waals surface area (Å²) in [5, 5.41) is 9.84. The molecule has 2 amide bonds. The van der Waals surface area contributed by atoms with E-state index in [1.165, 1.54) is 12.8 Å². The first-order valence-corrected chi connectivity index (χ1v) is 18.2. The topological polar surface area (TPSA) is 140 Å². The number of alkyl halides is 2. The molecule has 11 nitrogen and oxygen atoms in total. The molecule has 0 aromatic carbocycles. The summed E-state index contributed by atoms with van der Waals surface area (Å²) < 4.78 is 51.2. The van der Waals surface area contributed by atoms with Gasteiger partial charge in [-0.1, -0.05) is 0 Å². The van der Waals surface area contributed by atoms with Crippen LogP contribution in [-0.4, -0.2) is 117 Å². The Kier molecular flexibility index (Phi) is 13.7. The Hall–Kier alpha value is -1.09. The summed E-state index contributed by atoms with van der Waals surface area (Å²) in [6, 6.07) is 0. The number of unbranched alkanes of at least 4 members (excludes halogenated alkanes) is 1. The zero-order valence-corrected chi connectivity index (χ0v) is 26.8. The number of nitrogens with zero attached hydrogens (tertiary/aromatic N) is 2. The summed E-state index contributed by atoms with van der Waals surface area (Å²) in [6.45, 7) is 5.85. The molecule has 0 radical (unpaired) electrons. The molecule has 0 aromatic rings. The molecule has 1 saturated carbocycles. The second kappa shape index (κ2) is 17.0. The first kappa shape index (κ1) is 34.8. The van der Waals surface area contributed by atoms with Crippen molar-refractivity contribution in [2.75, 3.05) is 58.2 Å². The van der Waals surface area contributed by atoms with E-state index < -0.39 is 16.3 Å². The lowest BCUT2D eigenvalue weighted by atomic mass is 9.82. The summed E-state index contributed by atoms with van der Waals surface area (Å²) in [5.41, 5.74) is 0. The summed E-state index contributed by atoms with van der Waals surface area (Å²) in [4.78, 5) is 28.9. The van der Waals surface area contributed by atoms with E-state index >= 15 is 0 Å². The maximum atomic E-state index is 15.0. The van der Waals surface area contributed by atoms with Crippen molar-refractivity contribution in [1.82, 2.24) is 25.8 Å². The van der Waals surface area contributed by atoms with E-state index in [9.17, 15) is 22.4 Å². The van der Waals surface area contributed by atoms with Crippen LogP contribution in [0.15, 0.2) is 0 Å². The number of rotatable bonds is 15. The standard InChI is InChI=1S/C29H51ClFN5O6S/c30-24-17-33-29(34-18-24)35-10-7-21(8-11-35)4-3-12-42-25-6-5-23(26(31)16-25)15-28(38)36-19-22(20-36)14-27(37)32-9-1-2-13-43(39,40)41/h21-26,29,33-34H,1-20H2,(H,32,37)(H,39,40,41). The van der Waals surface area contributed by atoms with Gasteiger partial charge < -0.3 is 15.0 Å². The van der Waals surface area contributed by atoms with Crippen LogP contribution in [0.3, 0.4) is 0 Å². The Morgan fingerprint density at radius 2 is 1.72 bits per heavy atom. The number of hydrogen-bond acceptors (Lipinski definition) is 8. The number of carbonyl (C=O) groups is 2. The van der Waals surface area contributed by atoms with Gasteiger partial charge in [-0.15, -0.1) is 11.6 Å². The SMILES string of the molecule is O=C(CC1CN(C(=O)CC2CCC(OCCCC3CCN(C4NCC(Cl)CN4)CC3)CC2F)C1)NCCCCS(=O)(=O)O. The number of nitrogens with one attached hydrogen (secondary N) is 3. The molecule has 4 N–H and O–H groups in total. The third-order valence-corrected chi connectivity index (χ3v) is 10.5. The lowest BCUT2D eigenvalue weighted by Crippen LogP contribution is -2.62.